The van der Waals surface area contributed by atoms with Crippen LogP contribution in [0, 0.1) is 6.92 Å². The van der Waals surface area contributed by atoms with Gasteiger partial charge in [0, 0.05) is 74.5 Å². The van der Waals surface area contributed by atoms with Crippen molar-refractivity contribution in [2.75, 3.05) is 32.8 Å². The molecule has 0 radical (unpaired) electrons. The summed E-state index contributed by atoms with van der Waals surface area (Å²) in [7, 11) is 0. The van der Waals surface area contributed by atoms with E-state index in [9.17, 15) is 5.11 Å². The molecule has 33 heavy (non-hydrogen) atoms. The minimum Gasteiger partial charge on any atom is -0.494 e. The molecule has 1 aliphatic rings. The summed E-state index contributed by atoms with van der Waals surface area (Å²) >= 11 is 0. The largest absolute Gasteiger partial charge is 0.494 e. The van der Waals surface area contributed by atoms with Crippen LogP contribution in [0.1, 0.15) is 30.0 Å². The number of aromatic nitrogens is 2. The maximum atomic E-state index is 9.69. The molecule has 1 saturated heterocycles. The second-order valence-corrected chi connectivity index (χ2v) is 8.64. The van der Waals surface area contributed by atoms with Gasteiger partial charge in [-0.1, -0.05) is 42.5 Å². The normalized spacial score (nSPS) is 17.2. The molecule has 2 aromatic carbocycles. The average molecular weight is 447 g/mol. The molecule has 1 aromatic heterocycles. The molecule has 4 rings (SSSR count). The lowest BCUT2D eigenvalue weighted by Crippen LogP contribution is -2.52. The van der Waals surface area contributed by atoms with E-state index in [1.807, 2.05) is 43.6 Å². The number of ether oxygens (including phenoxy) is 1. The average Bonchev–Trinajstić information content (AvgIpc) is 2.83. The number of piperazine rings is 1. The van der Waals surface area contributed by atoms with Gasteiger partial charge in [0.2, 0.25) is 0 Å². The number of para-hydroxylation sites is 1. The van der Waals surface area contributed by atoms with Crippen molar-refractivity contribution in [1.82, 2.24) is 19.8 Å². The fourth-order valence-corrected chi connectivity index (χ4v) is 4.54. The van der Waals surface area contributed by atoms with E-state index in [-0.39, 0.29) is 6.61 Å². The number of aliphatic hydroxyl groups excluding tert-OH is 1. The lowest BCUT2D eigenvalue weighted by Gasteiger charge is -2.41. The molecule has 174 valence electrons. The third-order valence-electron chi connectivity index (χ3n) is 6.29. The Morgan fingerprint density at radius 2 is 1.76 bits per heavy atom. The molecule has 0 bridgehead atoms. The van der Waals surface area contributed by atoms with Crippen LogP contribution in [0.25, 0.3) is 11.4 Å². The van der Waals surface area contributed by atoms with Gasteiger partial charge in [-0.2, -0.15) is 0 Å². The maximum Gasteiger partial charge on any atom is 0.159 e. The minimum atomic E-state index is 0.191. The molecule has 0 unspecified atom stereocenters. The van der Waals surface area contributed by atoms with Crippen molar-refractivity contribution < 1.29 is 9.84 Å². The van der Waals surface area contributed by atoms with Crippen LogP contribution in [0.5, 0.6) is 5.75 Å². The Morgan fingerprint density at radius 1 is 1.00 bits per heavy atom. The Kier molecular flexibility index (Phi) is 8.05. The number of rotatable bonds is 9. The van der Waals surface area contributed by atoms with E-state index in [1.165, 1.54) is 11.1 Å². The lowest BCUT2D eigenvalue weighted by atomic mass is 10.1. The van der Waals surface area contributed by atoms with E-state index in [1.54, 1.807) is 0 Å². The minimum absolute atomic E-state index is 0.191. The fraction of sp³-hybridized carbons (Fsp3) is 0.407. The molecule has 6 heteroatoms. The van der Waals surface area contributed by atoms with Gasteiger partial charge in [-0.25, -0.2) is 9.97 Å². The Labute approximate surface area is 196 Å². The molecule has 1 fully saturated rings. The Bertz CT molecular complexity index is 1020. The quantitative estimate of drug-likeness (QED) is 0.538. The van der Waals surface area contributed by atoms with Gasteiger partial charge in [-0.05, 0) is 31.9 Å². The van der Waals surface area contributed by atoms with Gasteiger partial charge >= 0.3 is 0 Å². The topological polar surface area (TPSA) is 61.7 Å². The monoisotopic (exact) mass is 446 g/mol. The lowest BCUT2D eigenvalue weighted by molar-refractivity contribution is 0.0493. The third-order valence-corrected chi connectivity index (χ3v) is 6.29. The van der Waals surface area contributed by atoms with Gasteiger partial charge in [-0.3, -0.25) is 9.80 Å². The number of hydrogen-bond acceptors (Lipinski definition) is 6. The first-order valence-corrected chi connectivity index (χ1v) is 11.8. The molecule has 1 N–H and O–H groups in total. The van der Waals surface area contributed by atoms with Crippen LogP contribution >= 0.6 is 0 Å². The summed E-state index contributed by atoms with van der Waals surface area (Å²) < 4.78 is 5.82. The predicted octanol–water partition coefficient (Wildman–Crippen LogP) is 3.92. The smallest absolute Gasteiger partial charge is 0.159 e. The zero-order valence-electron chi connectivity index (χ0n) is 19.7. The van der Waals surface area contributed by atoms with Crippen LogP contribution in [0.4, 0.5) is 0 Å². The van der Waals surface area contributed by atoms with E-state index in [2.05, 4.69) is 51.0 Å². The second-order valence-electron chi connectivity index (χ2n) is 8.64. The summed E-state index contributed by atoms with van der Waals surface area (Å²) in [5, 5.41) is 9.69. The van der Waals surface area contributed by atoms with Gasteiger partial charge in [0.1, 0.15) is 5.75 Å². The Morgan fingerprint density at radius 3 is 2.52 bits per heavy atom. The Balaban J connectivity index is 1.40. The molecule has 0 aliphatic carbocycles. The number of aryl methyl sites for hydroxylation is 1. The van der Waals surface area contributed by atoms with Crippen LogP contribution in [0.3, 0.4) is 0 Å². The molecule has 1 atom stereocenters. The van der Waals surface area contributed by atoms with Gasteiger partial charge in [0.15, 0.2) is 5.82 Å². The highest BCUT2D eigenvalue weighted by Crippen LogP contribution is 2.24. The summed E-state index contributed by atoms with van der Waals surface area (Å²) in [6.07, 6.45) is 4.65. The zero-order chi connectivity index (χ0) is 23.0. The number of hydrogen-bond donors (Lipinski definition) is 1. The van der Waals surface area contributed by atoms with Crippen LogP contribution in [-0.2, 0) is 13.1 Å². The summed E-state index contributed by atoms with van der Waals surface area (Å²) in [6, 6.07) is 16.8. The molecule has 2 heterocycles. The van der Waals surface area contributed by atoms with E-state index in [0.29, 0.717) is 12.6 Å². The van der Waals surface area contributed by atoms with Crippen molar-refractivity contribution >= 4 is 0 Å². The molecular weight excluding hydrogens is 412 g/mol. The standard InChI is InChI=1S/C27H34N4O2/c1-3-33-26-11-7-5-9-23(26)19-31-14-13-30(20-24(31)12-15-32)18-22-16-28-27(29-17-22)25-10-6-4-8-21(25)2/h4-11,16-17,24,32H,3,12-15,18-20H2,1-2H3/t24-/m0/s1. The SMILES string of the molecule is CCOc1ccccc1CN1CCN(Cc2cnc(-c3ccccc3C)nc2)C[C@@H]1CCO. The Hall–Kier alpha value is -2.80. The fourth-order valence-electron chi connectivity index (χ4n) is 4.54. The van der Waals surface area contributed by atoms with Crippen molar-refractivity contribution in [3.63, 3.8) is 0 Å². The summed E-state index contributed by atoms with van der Waals surface area (Å²) in [4.78, 5) is 14.2. The predicted molar refractivity (Wildman–Crippen MR) is 131 cm³/mol. The number of nitrogens with zero attached hydrogens (tertiary/aromatic N) is 4. The first kappa shape index (κ1) is 23.4. The molecule has 6 nitrogen and oxygen atoms in total. The second kappa shape index (κ2) is 11.4. The van der Waals surface area contributed by atoms with Crippen LogP contribution in [0.15, 0.2) is 60.9 Å². The van der Waals surface area contributed by atoms with Crippen molar-refractivity contribution in [1.29, 1.82) is 0 Å². The van der Waals surface area contributed by atoms with Gasteiger partial charge in [0.25, 0.3) is 0 Å². The first-order valence-electron chi connectivity index (χ1n) is 11.8. The van der Waals surface area contributed by atoms with Gasteiger partial charge < -0.3 is 9.84 Å². The molecule has 1 aliphatic heterocycles. The third kappa shape index (κ3) is 5.96. The van der Waals surface area contributed by atoms with Crippen LogP contribution < -0.4 is 4.74 Å². The number of aliphatic hydroxyl groups is 1. The van der Waals surface area contributed by atoms with Crippen molar-refractivity contribution in [2.24, 2.45) is 0 Å². The summed E-state index contributed by atoms with van der Waals surface area (Å²) in [6.45, 7) is 9.44. The molecule has 0 spiro atoms. The highest BCUT2D eigenvalue weighted by atomic mass is 16.5. The van der Waals surface area contributed by atoms with E-state index in [0.717, 1.165) is 61.8 Å². The molecule has 3 aromatic rings. The molecular formula is C27H34N4O2. The first-order chi connectivity index (χ1) is 16.2. The zero-order valence-corrected chi connectivity index (χ0v) is 19.7. The van der Waals surface area contributed by atoms with E-state index >= 15 is 0 Å². The van der Waals surface area contributed by atoms with Crippen molar-refractivity contribution in [3.8, 4) is 17.1 Å². The molecule has 0 amide bonds. The highest BCUT2D eigenvalue weighted by molar-refractivity contribution is 5.59. The van der Waals surface area contributed by atoms with Crippen LogP contribution in [0.2, 0.25) is 0 Å². The van der Waals surface area contributed by atoms with Gasteiger partial charge in [0.05, 0.1) is 6.61 Å². The van der Waals surface area contributed by atoms with Crippen molar-refractivity contribution in [2.45, 2.75) is 39.4 Å². The summed E-state index contributed by atoms with van der Waals surface area (Å²) in [5.41, 5.74) is 4.58. The van der Waals surface area contributed by atoms with Crippen LogP contribution in [-0.4, -0.2) is 63.8 Å². The van der Waals surface area contributed by atoms with E-state index in [4.69, 9.17) is 4.74 Å². The van der Waals surface area contributed by atoms with E-state index < -0.39 is 0 Å². The number of benzene rings is 2. The molecule has 0 saturated carbocycles. The van der Waals surface area contributed by atoms with Crippen molar-refractivity contribution in [3.05, 3.63) is 77.6 Å². The highest BCUT2D eigenvalue weighted by Gasteiger charge is 2.27. The summed E-state index contributed by atoms with van der Waals surface area (Å²) in [5.74, 6) is 1.73. The maximum absolute atomic E-state index is 9.69. The van der Waals surface area contributed by atoms with Gasteiger partial charge in [-0.15, -0.1) is 0 Å².